The van der Waals surface area contributed by atoms with Crippen molar-refractivity contribution in [2.45, 2.75) is 37.5 Å². The minimum atomic E-state index is -3.71. The molecular formula is C19H28N6O5S2. The summed E-state index contributed by atoms with van der Waals surface area (Å²) in [5.74, 6) is -1.10. The van der Waals surface area contributed by atoms with Crippen molar-refractivity contribution in [2.75, 3.05) is 19.3 Å². The second-order valence-corrected chi connectivity index (χ2v) is 10.6. The lowest BCUT2D eigenvalue weighted by Gasteiger charge is -2.24. The van der Waals surface area contributed by atoms with Crippen molar-refractivity contribution in [3.63, 3.8) is 0 Å². The Morgan fingerprint density at radius 3 is 2.78 bits per heavy atom. The smallest absolute Gasteiger partial charge is 0.239 e. The number of hydrogen-bond donors (Lipinski definition) is 4. The molecule has 3 rings (SSSR count). The van der Waals surface area contributed by atoms with Gasteiger partial charge in [-0.2, -0.15) is 4.31 Å². The summed E-state index contributed by atoms with van der Waals surface area (Å²) in [5, 5.41) is 12.8. The first-order valence-electron chi connectivity index (χ1n) is 9.96. The maximum absolute atomic E-state index is 13.2. The van der Waals surface area contributed by atoms with E-state index in [0.717, 1.165) is 15.3 Å². The number of Topliss-reactive ketones (excluding diaryl/α,β-unsaturated/α-hetero) is 1. The summed E-state index contributed by atoms with van der Waals surface area (Å²) in [4.78, 5) is 34.4. The van der Waals surface area contributed by atoms with E-state index in [1.54, 1.807) is 6.07 Å². The number of guanidine groups is 1. The Kier molecular flexibility index (Phi) is 7.44. The van der Waals surface area contributed by atoms with Crippen molar-refractivity contribution in [1.29, 1.82) is 0 Å². The topological polar surface area (TPSA) is 181 Å². The van der Waals surface area contributed by atoms with E-state index in [4.69, 9.17) is 11.5 Å². The summed E-state index contributed by atoms with van der Waals surface area (Å²) >= 11 is 1.22. The Morgan fingerprint density at radius 1 is 1.41 bits per heavy atom. The molecule has 1 aromatic carbocycles. The molecule has 0 saturated carbocycles. The van der Waals surface area contributed by atoms with Crippen LogP contribution in [0.3, 0.4) is 0 Å². The number of nitrogens with two attached hydrogens (primary N) is 2. The highest BCUT2D eigenvalue weighted by Gasteiger charge is 2.42. The Labute approximate surface area is 191 Å². The molecule has 0 bridgehead atoms. The lowest BCUT2D eigenvalue weighted by atomic mass is 10.1. The molecule has 1 fully saturated rings. The highest BCUT2D eigenvalue weighted by molar-refractivity contribution is 7.88. The van der Waals surface area contributed by atoms with Crippen LogP contribution in [-0.2, 0) is 14.8 Å². The minimum Gasteiger partial charge on any atom is -0.392 e. The number of para-hydroxylation sites is 1. The summed E-state index contributed by atoms with van der Waals surface area (Å²) in [6, 6.07) is 5.25. The number of hydrogen-bond acceptors (Lipinski definition) is 8. The molecule has 0 aliphatic carbocycles. The second kappa shape index (κ2) is 9.90. The maximum Gasteiger partial charge on any atom is 0.239 e. The normalized spacial score (nSPS) is 20.2. The number of β-amino-alcohol motifs (C(OH)–C–C–N with tert-alkyl or cyclic N) is 1. The molecular weight excluding hydrogens is 456 g/mol. The van der Waals surface area contributed by atoms with Gasteiger partial charge in [-0.05, 0) is 25.0 Å². The van der Waals surface area contributed by atoms with Crippen LogP contribution >= 0.6 is 11.3 Å². The van der Waals surface area contributed by atoms with E-state index in [1.807, 2.05) is 18.2 Å². The third-order valence-electron chi connectivity index (χ3n) is 5.05. The molecule has 32 heavy (non-hydrogen) atoms. The molecule has 0 radical (unpaired) electrons. The van der Waals surface area contributed by atoms with Crippen LogP contribution in [0.15, 0.2) is 29.3 Å². The van der Waals surface area contributed by atoms with Crippen LogP contribution in [0.1, 0.15) is 30.5 Å². The van der Waals surface area contributed by atoms with E-state index >= 15 is 0 Å². The van der Waals surface area contributed by atoms with Gasteiger partial charge in [0.15, 0.2) is 11.0 Å². The Balaban J connectivity index is 0.00000385. The number of carbonyl (C=O) groups excluding carboxylic acids is 2. The number of aliphatic hydroxyl groups excluding tert-OH is 1. The quantitative estimate of drug-likeness (QED) is 0.161. The molecule has 6 N–H and O–H groups in total. The number of thiazole rings is 1. The number of nitrogens with one attached hydrogen (secondary N) is 1. The molecule has 1 unspecified atom stereocenters. The first-order chi connectivity index (χ1) is 15.1. The van der Waals surface area contributed by atoms with Crippen LogP contribution in [-0.4, -0.2) is 78.0 Å². The predicted octanol–water partition coefficient (Wildman–Crippen LogP) is -0.342. The molecule has 2 aromatic rings. The average Bonchev–Trinajstić information content (AvgIpc) is 3.33. The molecule has 11 nitrogen and oxygen atoms in total. The van der Waals surface area contributed by atoms with Gasteiger partial charge < -0.3 is 21.9 Å². The lowest BCUT2D eigenvalue weighted by Crippen LogP contribution is -2.50. The van der Waals surface area contributed by atoms with Gasteiger partial charge in [0.25, 0.3) is 0 Å². The van der Waals surface area contributed by atoms with Crippen LogP contribution in [0.4, 0.5) is 0 Å². The largest absolute Gasteiger partial charge is 0.392 e. The second-order valence-electron chi connectivity index (χ2n) is 7.60. The molecule has 0 spiro atoms. The molecule has 13 heteroatoms. The summed E-state index contributed by atoms with van der Waals surface area (Å²) in [6.45, 7) is 0.0946. The number of amides is 1. The van der Waals surface area contributed by atoms with Crippen molar-refractivity contribution in [3.8, 4) is 0 Å². The number of aliphatic imine (C=N–C) groups is 1. The molecule has 2 heterocycles. The van der Waals surface area contributed by atoms with Crippen LogP contribution in [0.25, 0.3) is 10.2 Å². The summed E-state index contributed by atoms with van der Waals surface area (Å²) in [6.07, 6.45) is 0.605. The van der Waals surface area contributed by atoms with E-state index in [1.165, 1.54) is 11.3 Å². The Morgan fingerprint density at radius 2 is 2.12 bits per heavy atom. The van der Waals surface area contributed by atoms with Gasteiger partial charge in [0.1, 0.15) is 6.04 Å². The van der Waals surface area contributed by atoms with Crippen molar-refractivity contribution in [2.24, 2.45) is 16.5 Å². The summed E-state index contributed by atoms with van der Waals surface area (Å²) < 4.78 is 25.8. The van der Waals surface area contributed by atoms with Crippen molar-refractivity contribution in [3.05, 3.63) is 29.3 Å². The van der Waals surface area contributed by atoms with Gasteiger partial charge in [0, 0.05) is 20.9 Å². The fourth-order valence-electron chi connectivity index (χ4n) is 3.56. The van der Waals surface area contributed by atoms with Gasteiger partial charge in [-0.3, -0.25) is 14.6 Å². The number of rotatable bonds is 9. The third-order valence-corrected chi connectivity index (χ3v) is 7.35. The number of benzene rings is 1. The summed E-state index contributed by atoms with van der Waals surface area (Å²) in [5.41, 5.74) is 11.3. The molecule has 1 aliphatic heterocycles. The van der Waals surface area contributed by atoms with Crippen molar-refractivity contribution in [1.82, 2.24) is 14.6 Å². The minimum absolute atomic E-state index is 0. The lowest BCUT2D eigenvalue weighted by molar-refractivity contribution is -0.124. The van der Waals surface area contributed by atoms with Gasteiger partial charge in [0.05, 0.1) is 28.6 Å². The van der Waals surface area contributed by atoms with Gasteiger partial charge in [-0.25, -0.2) is 13.4 Å². The van der Waals surface area contributed by atoms with Crippen LogP contribution in [0.5, 0.6) is 0 Å². The zero-order valence-electron chi connectivity index (χ0n) is 17.5. The first-order valence-corrected chi connectivity index (χ1v) is 12.6. The molecule has 1 aromatic heterocycles. The number of aromatic nitrogens is 1. The zero-order chi connectivity index (χ0) is 23.5. The zero-order valence-corrected chi connectivity index (χ0v) is 19.1. The van der Waals surface area contributed by atoms with Crippen LogP contribution < -0.4 is 16.8 Å². The molecule has 1 amide bonds. The standard InChI is InChI=1S/C19H26N6O5S2.H2/c1-32(29,30)25-10-11(26)9-14(25)17(28)23-13(6-4-8-22-19(20)21)16(27)18-24-12-5-2-3-7-15(12)31-18;/h2-3,5,7,11,13-14,26H,4,6,8-10H2,1H3,(H,23,28)(H4,20,21,22);1H/t11-,13?,14+;/m1./s1. The molecule has 1 aliphatic rings. The van der Waals surface area contributed by atoms with Crippen LogP contribution in [0, 0.1) is 0 Å². The average molecular weight is 485 g/mol. The third kappa shape index (κ3) is 5.79. The van der Waals surface area contributed by atoms with Gasteiger partial charge >= 0.3 is 0 Å². The van der Waals surface area contributed by atoms with Gasteiger partial charge in [0.2, 0.25) is 21.7 Å². The molecule has 3 atom stereocenters. The fraction of sp³-hybridized carbons (Fsp3) is 0.474. The number of nitrogens with zero attached hydrogens (tertiary/aromatic N) is 3. The predicted molar refractivity (Wildman–Crippen MR) is 124 cm³/mol. The molecule has 176 valence electrons. The highest BCUT2D eigenvalue weighted by Crippen LogP contribution is 2.24. The molecule has 1 saturated heterocycles. The van der Waals surface area contributed by atoms with E-state index < -0.39 is 34.1 Å². The number of carbonyl (C=O) groups is 2. The number of ketones is 1. The number of aliphatic hydroxyl groups is 1. The highest BCUT2D eigenvalue weighted by atomic mass is 32.2. The number of sulfonamides is 1. The number of fused-ring (bicyclic) bond motifs is 1. The van der Waals surface area contributed by atoms with Crippen molar-refractivity contribution >= 4 is 49.2 Å². The van der Waals surface area contributed by atoms with Crippen LogP contribution in [0.2, 0.25) is 0 Å². The Hall–Kier alpha value is -2.61. The van der Waals surface area contributed by atoms with E-state index in [9.17, 15) is 23.1 Å². The Bertz CT molecular complexity index is 1100. The fourth-order valence-corrected chi connectivity index (χ4v) is 5.60. The SMILES string of the molecule is CS(=O)(=O)N1C[C@H](O)C[C@H]1C(=O)NC(CCCN=C(N)N)C(=O)c1nc2ccccc2s1.[HH]. The monoisotopic (exact) mass is 484 g/mol. The van der Waals surface area contributed by atoms with Gasteiger partial charge in [-0.1, -0.05) is 12.1 Å². The first kappa shape index (κ1) is 24.0. The summed E-state index contributed by atoms with van der Waals surface area (Å²) in [7, 11) is -3.71. The van der Waals surface area contributed by atoms with E-state index in [0.29, 0.717) is 11.9 Å². The van der Waals surface area contributed by atoms with E-state index in [-0.39, 0.29) is 44.1 Å². The van der Waals surface area contributed by atoms with Crippen molar-refractivity contribution < 1.29 is 24.5 Å². The maximum atomic E-state index is 13.2. The van der Waals surface area contributed by atoms with E-state index in [2.05, 4.69) is 15.3 Å². The van der Waals surface area contributed by atoms with Gasteiger partial charge in [-0.15, -0.1) is 11.3 Å².